The monoisotopic (exact) mass is 200 g/mol. The molecule has 3 heteroatoms. The Morgan fingerprint density at radius 1 is 1.36 bits per heavy atom. The van der Waals surface area contributed by atoms with Crippen molar-refractivity contribution in [3.63, 3.8) is 0 Å². The van der Waals surface area contributed by atoms with Crippen LogP contribution in [0.4, 0.5) is 0 Å². The molecule has 0 aromatic rings. The fourth-order valence-corrected chi connectivity index (χ4v) is 2.24. The number of rotatable bonds is 4. The summed E-state index contributed by atoms with van der Waals surface area (Å²) in [5.74, 6) is 0. The lowest BCUT2D eigenvalue weighted by Gasteiger charge is -2.36. The van der Waals surface area contributed by atoms with E-state index in [-0.39, 0.29) is 0 Å². The Kier molecular flexibility index (Phi) is 4.85. The Balaban J connectivity index is 2.26. The van der Waals surface area contributed by atoms with E-state index in [4.69, 9.17) is 10.5 Å². The lowest BCUT2D eigenvalue weighted by Crippen LogP contribution is -2.43. The fraction of sp³-hybridized carbons (Fsp3) is 1.00. The van der Waals surface area contributed by atoms with Gasteiger partial charge in [0.1, 0.15) is 0 Å². The molecule has 2 atom stereocenters. The van der Waals surface area contributed by atoms with Crippen molar-refractivity contribution in [3.05, 3.63) is 0 Å². The molecule has 1 saturated heterocycles. The van der Waals surface area contributed by atoms with Crippen LogP contribution in [0.3, 0.4) is 0 Å². The van der Waals surface area contributed by atoms with E-state index < -0.39 is 0 Å². The van der Waals surface area contributed by atoms with Gasteiger partial charge in [-0.2, -0.15) is 0 Å². The minimum atomic E-state index is 0.310. The van der Waals surface area contributed by atoms with Crippen LogP contribution in [0, 0.1) is 0 Å². The van der Waals surface area contributed by atoms with Crippen molar-refractivity contribution in [3.8, 4) is 0 Å². The number of hydrogen-bond donors (Lipinski definition) is 1. The van der Waals surface area contributed by atoms with Gasteiger partial charge in [-0.05, 0) is 33.1 Å². The van der Waals surface area contributed by atoms with Gasteiger partial charge in [-0.15, -0.1) is 0 Å². The molecule has 1 aliphatic heterocycles. The van der Waals surface area contributed by atoms with Crippen molar-refractivity contribution in [2.24, 2.45) is 5.73 Å². The van der Waals surface area contributed by atoms with E-state index in [1.165, 1.54) is 12.8 Å². The average molecular weight is 200 g/mol. The van der Waals surface area contributed by atoms with Gasteiger partial charge in [0.2, 0.25) is 0 Å². The van der Waals surface area contributed by atoms with Crippen molar-refractivity contribution < 1.29 is 4.74 Å². The first-order valence-electron chi connectivity index (χ1n) is 5.66. The number of methoxy groups -OCH3 is 1. The summed E-state index contributed by atoms with van der Waals surface area (Å²) in [6.45, 7) is 6.67. The lowest BCUT2D eigenvalue weighted by atomic mass is 10.0. The van der Waals surface area contributed by atoms with E-state index in [0.717, 1.165) is 19.5 Å². The summed E-state index contributed by atoms with van der Waals surface area (Å²) in [6.07, 6.45) is 3.91. The Hall–Kier alpha value is -0.120. The first-order valence-corrected chi connectivity index (χ1v) is 5.66. The number of hydrogen-bond acceptors (Lipinski definition) is 3. The van der Waals surface area contributed by atoms with Crippen molar-refractivity contribution in [1.82, 2.24) is 4.90 Å². The zero-order chi connectivity index (χ0) is 10.6. The van der Waals surface area contributed by atoms with Gasteiger partial charge in [0.25, 0.3) is 0 Å². The van der Waals surface area contributed by atoms with Gasteiger partial charge in [0, 0.05) is 32.3 Å². The molecule has 2 N–H and O–H groups in total. The molecule has 0 saturated carbocycles. The molecule has 0 radical (unpaired) electrons. The van der Waals surface area contributed by atoms with Crippen LogP contribution < -0.4 is 5.73 Å². The third kappa shape index (κ3) is 3.56. The number of likely N-dealkylation sites (tertiary alicyclic amines) is 1. The van der Waals surface area contributed by atoms with Crippen LogP contribution in [0.1, 0.15) is 33.1 Å². The molecular formula is C11H24N2O. The smallest absolute Gasteiger partial charge is 0.0595 e. The second-order valence-corrected chi connectivity index (χ2v) is 4.53. The first-order chi connectivity index (χ1) is 6.63. The molecule has 2 unspecified atom stereocenters. The molecule has 0 spiro atoms. The molecule has 0 aromatic carbocycles. The predicted molar refractivity (Wildman–Crippen MR) is 59.3 cm³/mol. The molecule has 3 nitrogen and oxygen atoms in total. The molecular weight excluding hydrogens is 176 g/mol. The fourth-order valence-electron chi connectivity index (χ4n) is 2.24. The molecule has 1 aliphatic rings. The third-order valence-corrected chi connectivity index (χ3v) is 3.15. The van der Waals surface area contributed by atoms with Gasteiger partial charge < -0.3 is 15.4 Å². The molecule has 1 fully saturated rings. The molecule has 0 aliphatic carbocycles. The van der Waals surface area contributed by atoms with Gasteiger partial charge >= 0.3 is 0 Å². The van der Waals surface area contributed by atoms with Crippen LogP contribution >= 0.6 is 0 Å². The summed E-state index contributed by atoms with van der Waals surface area (Å²) >= 11 is 0. The maximum absolute atomic E-state index is 5.80. The van der Waals surface area contributed by atoms with Gasteiger partial charge in [-0.25, -0.2) is 0 Å². The van der Waals surface area contributed by atoms with E-state index >= 15 is 0 Å². The largest absolute Gasteiger partial charge is 0.381 e. The van der Waals surface area contributed by atoms with Crippen LogP contribution in [0.25, 0.3) is 0 Å². The predicted octanol–water partition coefficient (Wildman–Crippen LogP) is 1.22. The normalized spacial score (nSPS) is 24.9. The molecule has 14 heavy (non-hydrogen) atoms. The molecule has 0 amide bonds. The zero-order valence-electron chi connectivity index (χ0n) is 9.70. The van der Waals surface area contributed by atoms with Gasteiger partial charge in [0.05, 0.1) is 6.10 Å². The summed E-state index contributed by atoms with van der Waals surface area (Å²) < 4.78 is 5.35. The van der Waals surface area contributed by atoms with Crippen molar-refractivity contribution >= 4 is 0 Å². The minimum Gasteiger partial charge on any atom is -0.381 e. The second kappa shape index (κ2) is 5.69. The summed E-state index contributed by atoms with van der Waals surface area (Å²) in [4.78, 5) is 2.53. The Bertz CT molecular complexity index is 153. The molecule has 1 heterocycles. The Labute approximate surface area is 87.6 Å². The summed E-state index contributed by atoms with van der Waals surface area (Å²) in [5.41, 5.74) is 5.80. The topological polar surface area (TPSA) is 38.5 Å². The second-order valence-electron chi connectivity index (χ2n) is 4.53. The Morgan fingerprint density at radius 2 is 1.93 bits per heavy atom. The molecule has 84 valence electrons. The first kappa shape index (κ1) is 12.0. The van der Waals surface area contributed by atoms with Crippen LogP contribution in [-0.4, -0.2) is 43.3 Å². The van der Waals surface area contributed by atoms with E-state index in [1.54, 1.807) is 0 Å². The summed E-state index contributed by atoms with van der Waals surface area (Å²) in [6, 6.07) is 0.929. The zero-order valence-corrected chi connectivity index (χ0v) is 9.70. The number of ether oxygens (including phenoxy) is 1. The van der Waals surface area contributed by atoms with Crippen molar-refractivity contribution in [2.45, 2.75) is 51.3 Å². The van der Waals surface area contributed by atoms with Crippen molar-refractivity contribution in [2.75, 3.05) is 20.2 Å². The number of piperidine rings is 1. The maximum atomic E-state index is 5.80. The van der Waals surface area contributed by atoms with E-state index in [2.05, 4.69) is 18.7 Å². The van der Waals surface area contributed by atoms with E-state index in [1.807, 2.05) is 7.11 Å². The van der Waals surface area contributed by atoms with Crippen LogP contribution in [-0.2, 0) is 4.74 Å². The Morgan fingerprint density at radius 3 is 2.36 bits per heavy atom. The van der Waals surface area contributed by atoms with Gasteiger partial charge in [0.15, 0.2) is 0 Å². The SMILES string of the molecule is COC1CCN(C(C)CC(C)N)CC1. The molecule has 1 rings (SSSR count). The van der Waals surface area contributed by atoms with Crippen LogP contribution in [0.15, 0.2) is 0 Å². The van der Waals surface area contributed by atoms with Crippen molar-refractivity contribution in [1.29, 1.82) is 0 Å². The highest BCUT2D eigenvalue weighted by atomic mass is 16.5. The van der Waals surface area contributed by atoms with Crippen LogP contribution in [0.5, 0.6) is 0 Å². The van der Waals surface area contributed by atoms with E-state index in [9.17, 15) is 0 Å². The molecule has 0 aromatic heterocycles. The highest BCUT2D eigenvalue weighted by molar-refractivity contribution is 4.78. The number of nitrogens with two attached hydrogens (primary N) is 1. The highest BCUT2D eigenvalue weighted by Gasteiger charge is 2.22. The molecule has 0 bridgehead atoms. The summed E-state index contributed by atoms with van der Waals surface area (Å²) in [5, 5.41) is 0. The number of nitrogens with zero attached hydrogens (tertiary/aromatic N) is 1. The van der Waals surface area contributed by atoms with Gasteiger partial charge in [-0.3, -0.25) is 0 Å². The summed E-state index contributed by atoms with van der Waals surface area (Å²) in [7, 11) is 1.81. The average Bonchev–Trinajstić information content (AvgIpc) is 2.17. The lowest BCUT2D eigenvalue weighted by molar-refractivity contribution is 0.0279. The third-order valence-electron chi connectivity index (χ3n) is 3.15. The quantitative estimate of drug-likeness (QED) is 0.741. The van der Waals surface area contributed by atoms with Gasteiger partial charge in [-0.1, -0.05) is 0 Å². The van der Waals surface area contributed by atoms with Crippen LogP contribution in [0.2, 0.25) is 0 Å². The highest BCUT2D eigenvalue weighted by Crippen LogP contribution is 2.16. The standard InChI is InChI=1S/C11H24N2O/c1-9(12)8-10(2)13-6-4-11(14-3)5-7-13/h9-11H,4-8,12H2,1-3H3. The maximum Gasteiger partial charge on any atom is 0.0595 e. The van der Waals surface area contributed by atoms with E-state index in [0.29, 0.717) is 18.2 Å². The minimum absolute atomic E-state index is 0.310.